The monoisotopic (exact) mass is 374 g/mol. The molecule has 140 valence electrons. The molecule has 1 aromatic heterocycles. The van der Waals surface area contributed by atoms with Crippen LogP contribution in [0.15, 0.2) is 42.7 Å². The third kappa shape index (κ3) is 4.86. The molecule has 5 nitrogen and oxygen atoms in total. The lowest BCUT2D eigenvalue weighted by Gasteiger charge is -2.32. The first-order chi connectivity index (χ1) is 12.3. The van der Waals surface area contributed by atoms with E-state index < -0.39 is 0 Å². The molecule has 1 aliphatic carbocycles. The maximum atomic E-state index is 12.7. The summed E-state index contributed by atoms with van der Waals surface area (Å²) in [7, 11) is 0. The highest BCUT2D eigenvalue weighted by Gasteiger charge is 2.26. The lowest BCUT2D eigenvalue weighted by atomic mass is 10.0. The average Bonchev–Trinajstić information content (AvgIpc) is 3.38. The number of piperidine rings is 1. The number of benzene rings is 1. The minimum Gasteiger partial charge on any atom is -0.338 e. The molecule has 0 spiro atoms. The van der Waals surface area contributed by atoms with E-state index in [1.807, 2.05) is 34.0 Å². The van der Waals surface area contributed by atoms with E-state index in [0.717, 1.165) is 38.4 Å². The molecule has 2 fully saturated rings. The maximum Gasteiger partial charge on any atom is 0.257 e. The fourth-order valence-electron chi connectivity index (χ4n) is 3.46. The molecule has 1 saturated heterocycles. The van der Waals surface area contributed by atoms with Gasteiger partial charge in [0.25, 0.3) is 5.91 Å². The molecule has 0 radical (unpaired) electrons. The summed E-state index contributed by atoms with van der Waals surface area (Å²) in [6, 6.07) is 10.8. The van der Waals surface area contributed by atoms with Gasteiger partial charge in [-0.05, 0) is 43.7 Å². The molecule has 0 unspecified atom stereocenters. The molecule has 0 bridgehead atoms. The Morgan fingerprint density at radius 3 is 2.54 bits per heavy atom. The van der Waals surface area contributed by atoms with Crippen molar-refractivity contribution in [2.24, 2.45) is 5.92 Å². The number of hydrogen-bond acceptors (Lipinski definition) is 3. The smallest absolute Gasteiger partial charge is 0.257 e. The summed E-state index contributed by atoms with van der Waals surface area (Å²) in [4.78, 5) is 14.7. The van der Waals surface area contributed by atoms with Crippen LogP contribution in [0, 0.1) is 5.92 Å². The molecule has 1 saturated carbocycles. The van der Waals surface area contributed by atoms with Crippen molar-refractivity contribution in [1.29, 1.82) is 0 Å². The summed E-state index contributed by atoms with van der Waals surface area (Å²) >= 11 is 0. The van der Waals surface area contributed by atoms with Gasteiger partial charge in [-0.2, -0.15) is 5.10 Å². The zero-order chi connectivity index (χ0) is 17.1. The van der Waals surface area contributed by atoms with Gasteiger partial charge >= 0.3 is 0 Å². The third-order valence-electron chi connectivity index (χ3n) is 5.24. The van der Waals surface area contributed by atoms with Crippen LogP contribution in [0.1, 0.15) is 41.6 Å². The van der Waals surface area contributed by atoms with Crippen molar-refractivity contribution < 1.29 is 4.79 Å². The molecule has 26 heavy (non-hydrogen) atoms. The van der Waals surface area contributed by atoms with Crippen molar-refractivity contribution in [3.63, 3.8) is 0 Å². The van der Waals surface area contributed by atoms with E-state index in [1.165, 1.54) is 18.4 Å². The molecule has 1 N–H and O–H groups in total. The van der Waals surface area contributed by atoms with Crippen LogP contribution in [0.25, 0.3) is 0 Å². The highest BCUT2D eigenvalue weighted by molar-refractivity contribution is 5.93. The summed E-state index contributed by atoms with van der Waals surface area (Å²) in [6.07, 6.45) is 8.44. The summed E-state index contributed by atoms with van der Waals surface area (Å²) in [5, 5.41) is 8.01. The lowest BCUT2D eigenvalue weighted by Crippen LogP contribution is -2.45. The second-order valence-electron chi connectivity index (χ2n) is 7.33. The summed E-state index contributed by atoms with van der Waals surface area (Å²) < 4.78 is 1.84. The van der Waals surface area contributed by atoms with Crippen molar-refractivity contribution in [2.75, 3.05) is 19.6 Å². The van der Waals surface area contributed by atoms with Gasteiger partial charge in [0.2, 0.25) is 0 Å². The highest BCUT2D eigenvalue weighted by Crippen LogP contribution is 2.28. The van der Waals surface area contributed by atoms with Gasteiger partial charge in [-0.3, -0.25) is 9.48 Å². The van der Waals surface area contributed by atoms with Gasteiger partial charge in [0.1, 0.15) is 0 Å². The number of aromatic nitrogens is 2. The topological polar surface area (TPSA) is 50.2 Å². The Hall–Kier alpha value is -1.85. The van der Waals surface area contributed by atoms with E-state index in [-0.39, 0.29) is 18.3 Å². The number of likely N-dealkylation sites (tertiary alicyclic amines) is 1. The zero-order valence-electron chi connectivity index (χ0n) is 15.0. The third-order valence-corrected chi connectivity index (χ3v) is 5.24. The first-order valence-corrected chi connectivity index (χ1v) is 9.37. The Labute approximate surface area is 161 Å². The predicted octanol–water partition coefficient (Wildman–Crippen LogP) is 2.96. The zero-order valence-corrected chi connectivity index (χ0v) is 15.8. The number of rotatable bonds is 6. The summed E-state index contributed by atoms with van der Waals surface area (Å²) in [6.45, 7) is 3.53. The van der Waals surface area contributed by atoms with Gasteiger partial charge in [0, 0.05) is 25.3 Å². The van der Waals surface area contributed by atoms with Crippen molar-refractivity contribution >= 4 is 18.3 Å². The lowest BCUT2D eigenvalue weighted by molar-refractivity contribution is 0.0705. The molecular weight excluding hydrogens is 348 g/mol. The van der Waals surface area contributed by atoms with Crippen LogP contribution in [-0.2, 0) is 6.54 Å². The Kier molecular flexibility index (Phi) is 6.33. The van der Waals surface area contributed by atoms with E-state index >= 15 is 0 Å². The minimum atomic E-state index is 0. The SMILES string of the molecule is Cl.O=C(c1cnn(Cc2ccccc2)c1)N1CCC(NCC2CC2)CC1. The largest absolute Gasteiger partial charge is 0.338 e. The van der Waals surface area contributed by atoms with E-state index in [2.05, 4.69) is 22.5 Å². The van der Waals surface area contributed by atoms with Gasteiger partial charge in [-0.1, -0.05) is 30.3 Å². The van der Waals surface area contributed by atoms with Crippen LogP contribution in [0.4, 0.5) is 0 Å². The molecule has 0 atom stereocenters. The molecule has 2 heterocycles. The highest BCUT2D eigenvalue weighted by atomic mass is 35.5. The minimum absolute atomic E-state index is 0. The number of nitrogens with zero attached hydrogens (tertiary/aromatic N) is 3. The van der Waals surface area contributed by atoms with Crippen molar-refractivity contribution in [3.8, 4) is 0 Å². The van der Waals surface area contributed by atoms with Crippen LogP contribution in [0.5, 0.6) is 0 Å². The van der Waals surface area contributed by atoms with Crippen molar-refractivity contribution in [1.82, 2.24) is 20.0 Å². The Morgan fingerprint density at radius 1 is 1.12 bits per heavy atom. The fraction of sp³-hybridized carbons (Fsp3) is 0.500. The fourth-order valence-corrected chi connectivity index (χ4v) is 3.46. The Morgan fingerprint density at radius 2 is 1.85 bits per heavy atom. The molecule has 6 heteroatoms. The second kappa shape index (κ2) is 8.69. The molecule has 2 aromatic rings. The van der Waals surface area contributed by atoms with Crippen molar-refractivity contribution in [3.05, 3.63) is 53.9 Å². The van der Waals surface area contributed by atoms with Crippen LogP contribution >= 0.6 is 12.4 Å². The Bertz CT molecular complexity index is 706. The molecule has 1 aromatic carbocycles. The van der Waals surface area contributed by atoms with E-state index in [1.54, 1.807) is 6.20 Å². The molecule has 4 rings (SSSR count). The number of hydrogen-bond donors (Lipinski definition) is 1. The van der Waals surface area contributed by atoms with E-state index in [4.69, 9.17) is 0 Å². The van der Waals surface area contributed by atoms with Gasteiger partial charge in [-0.25, -0.2) is 0 Å². The quantitative estimate of drug-likeness (QED) is 0.845. The first-order valence-electron chi connectivity index (χ1n) is 9.37. The van der Waals surface area contributed by atoms with Crippen LogP contribution in [0.2, 0.25) is 0 Å². The summed E-state index contributed by atoms with van der Waals surface area (Å²) in [5.74, 6) is 1.02. The number of halogens is 1. The molecule has 1 aliphatic heterocycles. The summed E-state index contributed by atoms with van der Waals surface area (Å²) in [5.41, 5.74) is 1.88. The van der Waals surface area contributed by atoms with Crippen molar-refractivity contribution in [2.45, 2.75) is 38.3 Å². The van der Waals surface area contributed by atoms with Gasteiger partial charge in [0.05, 0.1) is 18.3 Å². The molecule has 2 aliphatic rings. The van der Waals surface area contributed by atoms with E-state index in [9.17, 15) is 4.79 Å². The predicted molar refractivity (Wildman–Crippen MR) is 105 cm³/mol. The van der Waals surface area contributed by atoms with Crippen LogP contribution in [0.3, 0.4) is 0 Å². The number of carbonyl (C=O) groups is 1. The normalized spacial score (nSPS) is 17.8. The van der Waals surface area contributed by atoms with E-state index in [0.29, 0.717) is 18.2 Å². The van der Waals surface area contributed by atoms with Gasteiger partial charge in [-0.15, -0.1) is 12.4 Å². The average molecular weight is 375 g/mol. The van der Waals surface area contributed by atoms with Crippen LogP contribution in [-0.4, -0.2) is 46.3 Å². The first kappa shape index (κ1) is 18.9. The standard InChI is InChI=1S/C20H26N4O.ClH/c25-20(23-10-8-19(9-11-23)21-12-16-6-7-16)18-13-22-24(15-18)14-17-4-2-1-3-5-17;/h1-5,13,15-16,19,21H,6-12,14H2;1H. The molecule has 1 amide bonds. The maximum absolute atomic E-state index is 12.7. The Balaban J connectivity index is 0.00000196. The second-order valence-corrected chi connectivity index (χ2v) is 7.33. The van der Waals surface area contributed by atoms with Gasteiger partial charge in [0.15, 0.2) is 0 Å². The van der Waals surface area contributed by atoms with Crippen LogP contribution < -0.4 is 5.32 Å². The van der Waals surface area contributed by atoms with Gasteiger partial charge < -0.3 is 10.2 Å². The number of amides is 1. The molecular formula is C20H27ClN4O. The number of carbonyl (C=O) groups excluding carboxylic acids is 1. The number of nitrogens with one attached hydrogen (secondary N) is 1.